The molecular weight excluding hydrogens is 418 g/mol. The van der Waals surface area contributed by atoms with Crippen LogP contribution < -0.4 is 19.7 Å². The van der Waals surface area contributed by atoms with Gasteiger partial charge in [0.2, 0.25) is 15.9 Å². The zero-order chi connectivity index (χ0) is 23.2. The zero-order valence-electron chi connectivity index (χ0n) is 18.4. The Hall–Kier alpha value is -3.07. The summed E-state index contributed by atoms with van der Waals surface area (Å²) in [6.45, 7) is 5.34. The highest BCUT2D eigenvalue weighted by molar-refractivity contribution is 7.92. The first-order valence-electron chi connectivity index (χ1n) is 9.92. The van der Waals surface area contributed by atoms with E-state index in [1.54, 1.807) is 48.5 Å². The van der Waals surface area contributed by atoms with Crippen LogP contribution in [0.4, 0.5) is 11.4 Å². The molecule has 2 N–H and O–H groups in total. The summed E-state index contributed by atoms with van der Waals surface area (Å²) in [5.41, 5.74) is 0.941. The van der Waals surface area contributed by atoms with Crippen LogP contribution in [0.15, 0.2) is 48.5 Å². The van der Waals surface area contributed by atoms with Crippen LogP contribution in [0.25, 0.3) is 0 Å². The third-order valence-electron chi connectivity index (χ3n) is 4.83. The van der Waals surface area contributed by atoms with Gasteiger partial charge in [0, 0.05) is 6.04 Å². The number of sulfonamides is 1. The van der Waals surface area contributed by atoms with E-state index in [2.05, 4.69) is 10.6 Å². The lowest BCUT2D eigenvalue weighted by atomic mass is 10.1. The number of hydrogen-bond donors (Lipinski definition) is 2. The largest absolute Gasteiger partial charge is 0.497 e. The Kier molecular flexibility index (Phi) is 8.04. The summed E-state index contributed by atoms with van der Waals surface area (Å²) in [6, 6.07) is 11.9. The van der Waals surface area contributed by atoms with Gasteiger partial charge in [0.05, 0.1) is 30.3 Å². The molecule has 0 aliphatic rings. The highest BCUT2D eigenvalue weighted by atomic mass is 32.2. The SMILES string of the molecule is CC[C@@H](C)NC(=O)c1ccccc1NC(=O)[C@H](C)N(c1ccc(OC)cc1)S(C)(=O)=O. The number of anilines is 2. The van der Waals surface area contributed by atoms with Gasteiger partial charge in [0.1, 0.15) is 11.8 Å². The average Bonchev–Trinajstić information content (AvgIpc) is 2.73. The van der Waals surface area contributed by atoms with Crippen molar-refractivity contribution in [3.63, 3.8) is 0 Å². The second-order valence-corrected chi connectivity index (χ2v) is 9.11. The van der Waals surface area contributed by atoms with Gasteiger partial charge in [0.15, 0.2) is 0 Å². The number of carbonyl (C=O) groups excluding carboxylic acids is 2. The summed E-state index contributed by atoms with van der Waals surface area (Å²) in [5.74, 6) is -0.311. The molecule has 2 aromatic rings. The van der Waals surface area contributed by atoms with Gasteiger partial charge in [-0.15, -0.1) is 0 Å². The minimum absolute atomic E-state index is 0.0222. The average molecular weight is 448 g/mol. The van der Waals surface area contributed by atoms with Crippen molar-refractivity contribution in [2.75, 3.05) is 23.0 Å². The molecule has 0 aromatic heterocycles. The Morgan fingerprint density at radius 2 is 1.68 bits per heavy atom. The maximum atomic E-state index is 13.0. The number of nitrogens with zero attached hydrogens (tertiary/aromatic N) is 1. The van der Waals surface area contributed by atoms with Gasteiger partial charge in [-0.3, -0.25) is 13.9 Å². The van der Waals surface area contributed by atoms with Gasteiger partial charge in [-0.1, -0.05) is 19.1 Å². The molecule has 0 saturated heterocycles. The lowest BCUT2D eigenvalue weighted by Crippen LogP contribution is -2.45. The Bertz CT molecular complexity index is 1020. The lowest BCUT2D eigenvalue weighted by molar-refractivity contribution is -0.116. The van der Waals surface area contributed by atoms with Gasteiger partial charge in [-0.25, -0.2) is 8.42 Å². The Balaban J connectivity index is 2.30. The predicted octanol–water partition coefficient (Wildman–Crippen LogP) is 3.02. The third kappa shape index (κ3) is 6.21. The van der Waals surface area contributed by atoms with Crippen molar-refractivity contribution in [2.24, 2.45) is 0 Å². The van der Waals surface area contributed by atoms with Crippen LogP contribution in [0.3, 0.4) is 0 Å². The number of para-hydroxylation sites is 1. The van der Waals surface area contributed by atoms with Gasteiger partial charge in [-0.05, 0) is 56.7 Å². The fraction of sp³-hybridized carbons (Fsp3) is 0.364. The number of ether oxygens (including phenoxy) is 1. The van der Waals surface area contributed by atoms with Crippen LogP contribution in [-0.2, 0) is 14.8 Å². The minimum atomic E-state index is -3.77. The summed E-state index contributed by atoms with van der Waals surface area (Å²) in [7, 11) is -2.26. The molecule has 31 heavy (non-hydrogen) atoms. The van der Waals surface area contributed by atoms with Crippen molar-refractivity contribution >= 4 is 33.2 Å². The van der Waals surface area contributed by atoms with E-state index in [1.807, 2.05) is 13.8 Å². The molecular formula is C22H29N3O5S. The summed E-state index contributed by atoms with van der Waals surface area (Å²) < 4.78 is 31.1. The van der Waals surface area contributed by atoms with E-state index in [0.717, 1.165) is 17.0 Å². The quantitative estimate of drug-likeness (QED) is 0.615. The van der Waals surface area contributed by atoms with Crippen LogP contribution >= 0.6 is 0 Å². The van der Waals surface area contributed by atoms with Gasteiger partial charge in [0.25, 0.3) is 5.91 Å². The van der Waals surface area contributed by atoms with Crippen molar-refractivity contribution in [3.05, 3.63) is 54.1 Å². The minimum Gasteiger partial charge on any atom is -0.497 e. The number of rotatable bonds is 9. The van der Waals surface area contributed by atoms with E-state index in [1.165, 1.54) is 14.0 Å². The molecule has 0 bridgehead atoms. The van der Waals surface area contributed by atoms with Crippen molar-refractivity contribution in [2.45, 2.75) is 39.3 Å². The first-order chi connectivity index (χ1) is 14.6. The van der Waals surface area contributed by atoms with Gasteiger partial charge < -0.3 is 15.4 Å². The van der Waals surface area contributed by atoms with E-state index >= 15 is 0 Å². The second kappa shape index (κ2) is 10.3. The third-order valence-corrected chi connectivity index (χ3v) is 6.08. The second-order valence-electron chi connectivity index (χ2n) is 7.25. The highest BCUT2D eigenvalue weighted by Crippen LogP contribution is 2.25. The summed E-state index contributed by atoms with van der Waals surface area (Å²) in [4.78, 5) is 25.6. The number of carbonyl (C=O) groups is 2. The van der Waals surface area contributed by atoms with Crippen molar-refractivity contribution in [1.82, 2.24) is 5.32 Å². The first-order valence-corrected chi connectivity index (χ1v) is 11.8. The number of amides is 2. The molecule has 2 amide bonds. The monoisotopic (exact) mass is 447 g/mol. The molecule has 0 saturated carbocycles. The van der Waals surface area contributed by atoms with E-state index in [0.29, 0.717) is 22.7 Å². The summed E-state index contributed by atoms with van der Waals surface area (Å²) in [6.07, 6.45) is 1.80. The number of nitrogens with one attached hydrogen (secondary N) is 2. The van der Waals surface area contributed by atoms with Crippen molar-refractivity contribution in [3.8, 4) is 5.75 Å². The molecule has 9 heteroatoms. The summed E-state index contributed by atoms with van der Waals surface area (Å²) in [5, 5.41) is 5.56. The Morgan fingerprint density at radius 3 is 2.23 bits per heavy atom. The van der Waals surface area contributed by atoms with Crippen molar-refractivity contribution < 1.29 is 22.7 Å². The van der Waals surface area contributed by atoms with E-state index in [9.17, 15) is 18.0 Å². The molecule has 0 aliphatic heterocycles. The number of methoxy groups -OCH3 is 1. The predicted molar refractivity (Wildman–Crippen MR) is 122 cm³/mol. The van der Waals surface area contributed by atoms with Crippen LogP contribution in [-0.4, -0.2) is 45.7 Å². The van der Waals surface area contributed by atoms with E-state index in [4.69, 9.17) is 4.74 Å². The standard InChI is InChI=1S/C22H29N3O5S/c1-6-15(2)23-22(27)19-9-7-8-10-20(19)24-21(26)16(3)25(31(5,28)29)17-11-13-18(30-4)14-12-17/h7-16H,6H2,1-5H3,(H,23,27)(H,24,26)/t15-,16+/m1/s1. The van der Waals surface area contributed by atoms with Crippen LogP contribution in [0.2, 0.25) is 0 Å². The van der Waals surface area contributed by atoms with E-state index in [-0.39, 0.29) is 11.9 Å². The maximum absolute atomic E-state index is 13.0. The van der Waals surface area contributed by atoms with Crippen LogP contribution in [0.5, 0.6) is 5.75 Å². The van der Waals surface area contributed by atoms with Crippen LogP contribution in [0.1, 0.15) is 37.6 Å². The zero-order valence-corrected chi connectivity index (χ0v) is 19.2. The molecule has 0 aliphatic carbocycles. The van der Waals surface area contributed by atoms with Crippen molar-refractivity contribution in [1.29, 1.82) is 0 Å². The van der Waals surface area contributed by atoms with E-state index < -0.39 is 22.0 Å². The lowest BCUT2D eigenvalue weighted by Gasteiger charge is -2.28. The normalized spacial score (nSPS) is 13.1. The molecule has 2 aromatic carbocycles. The molecule has 0 heterocycles. The smallest absolute Gasteiger partial charge is 0.253 e. The Labute approximate surface area is 183 Å². The molecule has 0 spiro atoms. The molecule has 2 atom stereocenters. The maximum Gasteiger partial charge on any atom is 0.253 e. The van der Waals surface area contributed by atoms with Crippen LogP contribution in [0, 0.1) is 0 Å². The van der Waals surface area contributed by atoms with Gasteiger partial charge >= 0.3 is 0 Å². The van der Waals surface area contributed by atoms with Gasteiger partial charge in [-0.2, -0.15) is 0 Å². The fourth-order valence-electron chi connectivity index (χ4n) is 2.97. The topological polar surface area (TPSA) is 105 Å². The number of benzene rings is 2. The number of hydrogen-bond acceptors (Lipinski definition) is 5. The Morgan fingerprint density at radius 1 is 1.06 bits per heavy atom. The highest BCUT2D eigenvalue weighted by Gasteiger charge is 2.30. The molecule has 0 fully saturated rings. The summed E-state index contributed by atoms with van der Waals surface area (Å²) >= 11 is 0. The molecule has 0 unspecified atom stereocenters. The molecule has 0 radical (unpaired) electrons. The molecule has 2 rings (SSSR count). The fourth-order valence-corrected chi connectivity index (χ4v) is 4.14. The first kappa shape index (κ1) is 24.2. The molecule has 168 valence electrons. The molecule has 8 nitrogen and oxygen atoms in total.